The topological polar surface area (TPSA) is 608 Å². The molecule has 0 saturated carbocycles. The molecule has 0 spiro atoms. The van der Waals surface area contributed by atoms with Gasteiger partial charge in [-0.05, 0) is 60.7 Å². The number of phenols is 2. The Kier molecular flexibility index (Phi) is 33.0. The number of nitrogens with two attached hydrogens (primary N) is 3. The maximum absolute atomic E-state index is 14.6. The third-order valence-electron chi connectivity index (χ3n) is 15.0. The van der Waals surface area contributed by atoms with Gasteiger partial charge in [0, 0.05) is 37.3 Å². The van der Waals surface area contributed by atoms with Crippen LogP contribution in [-0.4, -0.2) is 240 Å². The van der Waals surface area contributed by atoms with Crippen LogP contribution in [0.2, 0.25) is 0 Å². The van der Waals surface area contributed by atoms with E-state index in [4.69, 9.17) is 22.3 Å². The van der Waals surface area contributed by atoms with Gasteiger partial charge in [-0.2, -0.15) is 25.3 Å². The van der Waals surface area contributed by atoms with Gasteiger partial charge in [0.2, 0.25) is 82.7 Å². The van der Waals surface area contributed by atoms with E-state index < -0.39 is 218 Å². The Morgan fingerprint density at radius 2 is 0.920 bits per heavy atom. The molecule has 14 amide bonds. The maximum Gasteiger partial charge on any atom is 0.326 e. The summed E-state index contributed by atoms with van der Waals surface area (Å²) in [6.07, 6.45) is -5.58. The van der Waals surface area contributed by atoms with Crippen molar-refractivity contribution in [2.24, 2.45) is 17.2 Å². The lowest BCUT2D eigenvalue weighted by atomic mass is 10.0. The number of aliphatic hydroxyl groups is 2. The minimum atomic E-state index is -1.94. The van der Waals surface area contributed by atoms with Gasteiger partial charge in [0.25, 0.3) is 0 Å². The van der Waals surface area contributed by atoms with Crippen LogP contribution in [0.4, 0.5) is 0 Å². The van der Waals surface area contributed by atoms with Crippen molar-refractivity contribution in [3.8, 4) is 11.5 Å². The minimum absolute atomic E-state index is 0.0667. The SMILES string of the molecule is C[C@@H](O)[C@H](NC(=O)CNC(=O)[C@H](CS)NC(=O)[C@H](Cc1ccc(O)cc1)NC(=O)CN)C(=O)N[C@@H](CC(N)=O)C(=O)N1CCC[C@H]1C(=O)N[C@@H](CC(N)=O)C(=O)N[C@@H](Cc1ccc(O)cc1)C(=O)N[C@@H](Cc1ccccc1)C(=O)N[C@@H](CO)C(=O)N[C@@H](CS)C(=O)N[C@@H](CC(=O)O)C(=O)O. The number of rotatable bonds is 40. The van der Waals surface area contributed by atoms with E-state index in [1.807, 2.05) is 5.32 Å². The van der Waals surface area contributed by atoms with Gasteiger partial charge in [-0.1, -0.05) is 54.6 Å². The maximum atomic E-state index is 14.6. The van der Waals surface area contributed by atoms with Crippen molar-refractivity contribution in [1.29, 1.82) is 0 Å². The van der Waals surface area contributed by atoms with Crippen LogP contribution in [0.3, 0.4) is 0 Å². The van der Waals surface area contributed by atoms with Crippen LogP contribution in [0.1, 0.15) is 55.7 Å². The number of nitrogens with one attached hydrogen (secondary N) is 11. The summed E-state index contributed by atoms with van der Waals surface area (Å²) in [5, 5.41) is 84.4. The van der Waals surface area contributed by atoms with Crippen LogP contribution < -0.4 is 75.7 Å². The highest BCUT2D eigenvalue weighted by molar-refractivity contribution is 7.80. The van der Waals surface area contributed by atoms with Crippen molar-refractivity contribution in [2.75, 3.05) is 37.7 Å². The molecular weight excluding hydrogens is 1360 g/mol. The number of likely N-dealkylation sites (tertiary alicyclic amines) is 1. The molecule has 12 atom stereocenters. The Hall–Kier alpha value is -10.6. The molecule has 37 nitrogen and oxygen atoms in total. The van der Waals surface area contributed by atoms with E-state index in [2.05, 4.69) is 78.4 Å². The average molecular weight is 1440 g/mol. The molecule has 1 aliphatic heterocycles. The number of aliphatic carboxylic acids is 2. The predicted molar refractivity (Wildman–Crippen MR) is 354 cm³/mol. The average Bonchev–Trinajstić information content (AvgIpc) is 1.68. The molecule has 1 aliphatic rings. The number of benzene rings is 3. The van der Waals surface area contributed by atoms with Crippen molar-refractivity contribution in [2.45, 2.75) is 131 Å². The van der Waals surface area contributed by atoms with Gasteiger partial charge in [-0.3, -0.25) is 71.9 Å². The van der Waals surface area contributed by atoms with Crippen molar-refractivity contribution in [1.82, 2.24) is 63.4 Å². The molecule has 544 valence electrons. The first-order chi connectivity index (χ1) is 47.3. The summed E-state index contributed by atoms with van der Waals surface area (Å²) < 4.78 is 0. The molecule has 4 rings (SSSR count). The molecule has 0 bridgehead atoms. The lowest BCUT2D eigenvalue weighted by Gasteiger charge is -2.31. The van der Waals surface area contributed by atoms with E-state index in [9.17, 15) is 102 Å². The number of carbonyl (C=O) groups is 16. The second-order valence-electron chi connectivity index (χ2n) is 22.8. The summed E-state index contributed by atoms with van der Waals surface area (Å²) in [6, 6.07) is -0.0684. The Morgan fingerprint density at radius 1 is 0.500 bits per heavy atom. The summed E-state index contributed by atoms with van der Waals surface area (Å²) >= 11 is 8.12. The summed E-state index contributed by atoms with van der Waals surface area (Å²) in [5.41, 5.74) is 17.6. The zero-order chi connectivity index (χ0) is 74.5. The largest absolute Gasteiger partial charge is 0.508 e. The Labute approximate surface area is 581 Å². The summed E-state index contributed by atoms with van der Waals surface area (Å²) in [4.78, 5) is 213. The molecule has 3 aromatic carbocycles. The van der Waals surface area contributed by atoms with E-state index in [1.54, 1.807) is 30.3 Å². The number of carbonyl (C=O) groups excluding carboxylic acids is 14. The molecule has 23 N–H and O–H groups in total. The van der Waals surface area contributed by atoms with Crippen molar-refractivity contribution >= 4 is 120 Å². The standard InChI is InChI=1S/C61H81N15O22S2/c1-29(78)50(75-48(84)25-65-51(87)42(27-99)73-52(88)35(66-47(83)24-62)19-31-9-13-33(79)14-10-31)59(95)70-39(22-46(64)82)60(96)76-17-5-8-44(76)58(94)69-38(21-45(63)81)55(91)68-37(20-32-11-15-34(80)16-12-32)53(89)67-36(18-30-6-3-2-4-7-30)54(90)72-41(26-77)56(92)74-43(28-100)57(93)71-40(61(97)98)23-49(85)86/h2-4,6-7,9-16,29,35-44,50,77-80,99-100H,5,8,17-28,62H2,1H3,(H2,63,81)(H2,64,82)(H,65,87)(H,66,83)(H,67,89)(H,68,91)(H,69,94)(H,70,95)(H,71,93)(H,72,90)(H,73,88)(H,74,92)(H,75,84)(H,85,86)(H,97,98)/t29-,35+,36+,37+,38+,39+,40+,41+,42+,43+,44+,50+/m1/s1. The lowest BCUT2D eigenvalue weighted by Crippen LogP contribution is -2.62. The first-order valence-corrected chi connectivity index (χ1v) is 32.0. The molecule has 0 aromatic heterocycles. The molecule has 100 heavy (non-hydrogen) atoms. The number of aliphatic hydroxyl groups excluding tert-OH is 2. The molecule has 1 heterocycles. The minimum Gasteiger partial charge on any atom is -0.508 e. The van der Waals surface area contributed by atoms with Gasteiger partial charge in [-0.25, -0.2) is 4.79 Å². The molecule has 3 aromatic rings. The molecule has 0 unspecified atom stereocenters. The zero-order valence-electron chi connectivity index (χ0n) is 53.6. The third kappa shape index (κ3) is 26.6. The van der Waals surface area contributed by atoms with Crippen molar-refractivity contribution in [3.63, 3.8) is 0 Å². The molecule has 1 saturated heterocycles. The Morgan fingerprint density at radius 3 is 1.38 bits per heavy atom. The highest BCUT2D eigenvalue weighted by Crippen LogP contribution is 2.21. The molecule has 0 radical (unpaired) electrons. The molecular formula is C61H81N15O22S2. The second kappa shape index (κ2) is 40.3. The van der Waals surface area contributed by atoms with E-state index in [0.29, 0.717) is 11.1 Å². The van der Waals surface area contributed by atoms with Gasteiger partial charge in [0.1, 0.15) is 78.0 Å². The van der Waals surface area contributed by atoms with E-state index in [0.717, 1.165) is 11.8 Å². The van der Waals surface area contributed by atoms with Crippen LogP contribution in [0, 0.1) is 0 Å². The van der Waals surface area contributed by atoms with Crippen LogP contribution in [-0.2, 0) is 96.0 Å². The highest BCUT2D eigenvalue weighted by atomic mass is 32.1. The fourth-order valence-corrected chi connectivity index (χ4v) is 10.3. The first-order valence-electron chi connectivity index (χ1n) is 30.7. The molecule has 1 fully saturated rings. The van der Waals surface area contributed by atoms with Crippen LogP contribution in [0.25, 0.3) is 0 Å². The normalized spacial score (nSPS) is 15.7. The summed E-state index contributed by atoms with van der Waals surface area (Å²) in [7, 11) is 0. The number of hydrogen-bond donors (Lipinski definition) is 22. The number of carboxylic acids is 2. The Balaban J connectivity index is 1.52. The third-order valence-corrected chi connectivity index (χ3v) is 15.7. The number of nitrogens with zero attached hydrogens (tertiary/aromatic N) is 1. The van der Waals surface area contributed by atoms with Crippen LogP contribution >= 0.6 is 25.3 Å². The fourth-order valence-electron chi connectivity index (χ4n) is 9.82. The fraction of sp³-hybridized carbons (Fsp3) is 0.443. The lowest BCUT2D eigenvalue weighted by molar-refractivity contribution is -0.147. The number of hydrogen-bond acceptors (Lipinski definition) is 23. The van der Waals surface area contributed by atoms with Crippen molar-refractivity contribution in [3.05, 3.63) is 95.6 Å². The molecule has 0 aliphatic carbocycles. The van der Waals surface area contributed by atoms with Gasteiger partial charge in [0.15, 0.2) is 0 Å². The zero-order valence-corrected chi connectivity index (χ0v) is 55.4. The Bertz CT molecular complexity index is 3450. The number of thiol groups is 2. The molecule has 39 heteroatoms. The van der Waals surface area contributed by atoms with Gasteiger partial charge in [0.05, 0.1) is 45.1 Å². The number of aromatic hydroxyl groups is 2. The van der Waals surface area contributed by atoms with Gasteiger partial charge >= 0.3 is 11.9 Å². The van der Waals surface area contributed by atoms with Crippen LogP contribution in [0.15, 0.2) is 78.9 Å². The highest BCUT2D eigenvalue weighted by Gasteiger charge is 2.42. The number of primary amides is 2. The summed E-state index contributed by atoms with van der Waals surface area (Å²) in [5.74, 6) is -19.8. The van der Waals surface area contributed by atoms with E-state index in [1.165, 1.54) is 48.5 Å². The van der Waals surface area contributed by atoms with Crippen molar-refractivity contribution < 1.29 is 107 Å². The van der Waals surface area contributed by atoms with Gasteiger partial charge < -0.3 is 111 Å². The summed E-state index contributed by atoms with van der Waals surface area (Å²) in [6.45, 7) is -1.67. The number of phenolic OH excluding ortho intramolecular Hbond substituents is 2. The smallest absolute Gasteiger partial charge is 0.326 e. The van der Waals surface area contributed by atoms with Crippen LogP contribution in [0.5, 0.6) is 11.5 Å². The number of amides is 14. The number of carboxylic acid groups (broad SMARTS) is 2. The van der Waals surface area contributed by atoms with E-state index in [-0.39, 0.29) is 55.0 Å². The monoisotopic (exact) mass is 1440 g/mol. The second-order valence-corrected chi connectivity index (χ2v) is 23.5. The predicted octanol–water partition coefficient (Wildman–Crippen LogP) is -8.42. The van der Waals surface area contributed by atoms with Gasteiger partial charge in [-0.15, -0.1) is 0 Å². The van der Waals surface area contributed by atoms with E-state index >= 15 is 0 Å². The first kappa shape index (κ1) is 81.8. The quantitative estimate of drug-likeness (QED) is 0.0235.